The summed E-state index contributed by atoms with van der Waals surface area (Å²) < 4.78 is 5.30. The van der Waals surface area contributed by atoms with Gasteiger partial charge >= 0.3 is 6.03 Å². The highest BCUT2D eigenvalue weighted by Gasteiger charge is 2.32. The number of carbonyl (C=O) groups is 1. The molecule has 1 aliphatic rings. The van der Waals surface area contributed by atoms with Crippen LogP contribution in [0.25, 0.3) is 0 Å². The fourth-order valence-corrected chi connectivity index (χ4v) is 2.22. The fourth-order valence-electron chi connectivity index (χ4n) is 2.22. The Hall–Kier alpha value is -2.44. The van der Waals surface area contributed by atoms with Gasteiger partial charge in [-0.25, -0.2) is 4.79 Å². The van der Waals surface area contributed by atoms with Crippen LogP contribution < -0.4 is 10.6 Å². The lowest BCUT2D eigenvalue weighted by molar-refractivity contribution is 0.262. The summed E-state index contributed by atoms with van der Waals surface area (Å²) in [5.74, 6) is 1.53. The van der Waals surface area contributed by atoms with Crippen LogP contribution in [0.3, 0.4) is 0 Å². The molecule has 0 aliphatic heterocycles. The molecule has 2 N–H and O–H groups in total. The summed E-state index contributed by atoms with van der Waals surface area (Å²) in [5, 5.41) is 17.6. The predicted octanol–water partition coefficient (Wildman–Crippen LogP) is 3.59. The van der Waals surface area contributed by atoms with Crippen molar-refractivity contribution in [3.05, 3.63) is 29.3 Å². The molecule has 0 unspecified atom stereocenters. The third kappa shape index (κ3) is 3.49. The highest BCUT2D eigenvalue weighted by atomic mass is 16.5. The topological polar surface area (TPSA) is 92.9 Å². The Morgan fingerprint density at radius 1 is 1.22 bits per heavy atom. The standard InChI is InChI=1S/C16H21N5O2/c1-9-13(14(23-21-9)10-5-6-10)18-15(22)17-12-8-7-11(19-20-12)16(2,3)4/h7-8,10H,5-6H2,1-4H3,(H2,17,18,20,22). The predicted molar refractivity (Wildman–Crippen MR) is 86.6 cm³/mol. The molecule has 1 fully saturated rings. The molecule has 0 saturated heterocycles. The molecular weight excluding hydrogens is 294 g/mol. The molecule has 7 nitrogen and oxygen atoms in total. The number of urea groups is 1. The number of aryl methyl sites for hydroxylation is 1. The molecule has 122 valence electrons. The monoisotopic (exact) mass is 315 g/mol. The SMILES string of the molecule is Cc1noc(C2CC2)c1NC(=O)Nc1ccc(C(C)(C)C)nn1. The smallest absolute Gasteiger partial charge is 0.325 e. The van der Waals surface area contributed by atoms with E-state index in [1.54, 1.807) is 6.07 Å². The Kier molecular flexibility index (Phi) is 3.79. The highest BCUT2D eigenvalue weighted by molar-refractivity contribution is 5.99. The molecule has 2 heterocycles. The minimum atomic E-state index is -0.379. The molecule has 2 amide bonds. The molecule has 3 rings (SSSR count). The minimum absolute atomic E-state index is 0.0769. The fraction of sp³-hybridized carbons (Fsp3) is 0.500. The molecule has 0 atom stereocenters. The number of nitrogens with one attached hydrogen (secondary N) is 2. The first-order valence-electron chi connectivity index (χ1n) is 7.73. The number of carbonyl (C=O) groups excluding carboxylic acids is 1. The van der Waals surface area contributed by atoms with E-state index in [2.05, 4.69) is 46.8 Å². The van der Waals surface area contributed by atoms with Gasteiger partial charge in [0.1, 0.15) is 11.4 Å². The molecule has 2 aromatic rings. The summed E-state index contributed by atoms with van der Waals surface area (Å²) >= 11 is 0. The van der Waals surface area contributed by atoms with Gasteiger partial charge in [-0.3, -0.25) is 5.32 Å². The van der Waals surface area contributed by atoms with Crippen LogP contribution in [0, 0.1) is 6.92 Å². The van der Waals surface area contributed by atoms with Crippen LogP contribution in [0.15, 0.2) is 16.7 Å². The van der Waals surface area contributed by atoms with Gasteiger partial charge < -0.3 is 9.84 Å². The zero-order valence-electron chi connectivity index (χ0n) is 13.8. The van der Waals surface area contributed by atoms with Gasteiger partial charge in [0.2, 0.25) is 0 Å². The van der Waals surface area contributed by atoms with Crippen molar-refractivity contribution < 1.29 is 9.32 Å². The van der Waals surface area contributed by atoms with Gasteiger partial charge in [-0.1, -0.05) is 25.9 Å². The highest BCUT2D eigenvalue weighted by Crippen LogP contribution is 2.44. The van der Waals surface area contributed by atoms with Gasteiger partial charge in [-0.15, -0.1) is 5.10 Å². The van der Waals surface area contributed by atoms with Gasteiger partial charge in [0.15, 0.2) is 11.6 Å². The van der Waals surface area contributed by atoms with Crippen molar-refractivity contribution in [3.8, 4) is 0 Å². The third-order valence-electron chi connectivity index (χ3n) is 3.75. The van der Waals surface area contributed by atoms with Crippen molar-refractivity contribution in [2.45, 2.75) is 51.9 Å². The summed E-state index contributed by atoms with van der Waals surface area (Å²) in [5.41, 5.74) is 2.13. The number of hydrogen-bond acceptors (Lipinski definition) is 5. The lowest BCUT2D eigenvalue weighted by Gasteiger charge is -2.16. The van der Waals surface area contributed by atoms with Crippen molar-refractivity contribution >= 4 is 17.5 Å². The number of rotatable bonds is 3. The van der Waals surface area contributed by atoms with Gasteiger partial charge in [-0.2, -0.15) is 5.10 Å². The van der Waals surface area contributed by atoms with Crippen molar-refractivity contribution in [1.82, 2.24) is 15.4 Å². The zero-order valence-corrected chi connectivity index (χ0v) is 13.8. The van der Waals surface area contributed by atoms with Crippen molar-refractivity contribution in [2.75, 3.05) is 10.6 Å². The van der Waals surface area contributed by atoms with Crippen molar-refractivity contribution in [1.29, 1.82) is 0 Å². The summed E-state index contributed by atoms with van der Waals surface area (Å²) in [7, 11) is 0. The quantitative estimate of drug-likeness (QED) is 0.902. The molecule has 2 aromatic heterocycles. The van der Waals surface area contributed by atoms with Crippen molar-refractivity contribution in [3.63, 3.8) is 0 Å². The first-order chi connectivity index (χ1) is 10.8. The van der Waals surface area contributed by atoms with Crippen molar-refractivity contribution in [2.24, 2.45) is 0 Å². The Bertz CT molecular complexity index is 711. The van der Waals surface area contributed by atoms with E-state index in [1.807, 2.05) is 13.0 Å². The summed E-state index contributed by atoms with van der Waals surface area (Å²) in [6, 6.07) is 3.23. The largest absolute Gasteiger partial charge is 0.359 e. The van der Waals surface area contributed by atoms with Crippen LogP contribution in [-0.2, 0) is 5.41 Å². The summed E-state index contributed by atoms with van der Waals surface area (Å²) in [6.45, 7) is 7.99. The lowest BCUT2D eigenvalue weighted by atomic mass is 9.92. The number of hydrogen-bond donors (Lipinski definition) is 2. The van der Waals surface area contributed by atoms with E-state index >= 15 is 0 Å². The average molecular weight is 315 g/mol. The Morgan fingerprint density at radius 2 is 1.96 bits per heavy atom. The van der Waals surface area contributed by atoms with Gasteiger partial charge in [0.25, 0.3) is 0 Å². The van der Waals surface area contributed by atoms with E-state index in [1.165, 1.54) is 0 Å². The second-order valence-corrected chi connectivity index (χ2v) is 6.91. The van der Waals surface area contributed by atoms with Crippen LogP contribution in [0.5, 0.6) is 0 Å². The average Bonchev–Trinajstić information content (AvgIpc) is 3.25. The van der Waals surface area contributed by atoms with E-state index in [4.69, 9.17) is 4.52 Å². The number of amides is 2. The Morgan fingerprint density at radius 3 is 2.52 bits per heavy atom. The molecule has 0 aromatic carbocycles. The van der Waals surface area contributed by atoms with Crippen LogP contribution in [0.1, 0.15) is 56.7 Å². The summed E-state index contributed by atoms with van der Waals surface area (Å²) in [4.78, 5) is 12.1. The normalized spacial score (nSPS) is 14.6. The lowest BCUT2D eigenvalue weighted by Crippen LogP contribution is -2.22. The number of aromatic nitrogens is 3. The van der Waals surface area contributed by atoms with Gasteiger partial charge in [-0.05, 0) is 31.9 Å². The van der Waals surface area contributed by atoms with Crippen LogP contribution in [-0.4, -0.2) is 21.4 Å². The molecular formula is C16H21N5O2. The maximum atomic E-state index is 12.1. The van der Waals surface area contributed by atoms with Crippen LogP contribution in [0.2, 0.25) is 0 Å². The molecule has 23 heavy (non-hydrogen) atoms. The van der Waals surface area contributed by atoms with E-state index < -0.39 is 0 Å². The van der Waals surface area contributed by atoms with Crippen LogP contribution in [0.4, 0.5) is 16.3 Å². The van der Waals surface area contributed by atoms with Gasteiger partial charge in [0.05, 0.1) is 5.69 Å². The first-order valence-corrected chi connectivity index (χ1v) is 7.73. The zero-order chi connectivity index (χ0) is 16.6. The van der Waals surface area contributed by atoms with E-state index in [0.29, 0.717) is 23.1 Å². The molecule has 0 radical (unpaired) electrons. The first kappa shape index (κ1) is 15.5. The Balaban J connectivity index is 1.67. The number of nitrogens with zero attached hydrogens (tertiary/aromatic N) is 3. The maximum absolute atomic E-state index is 12.1. The van der Waals surface area contributed by atoms with Gasteiger partial charge in [0, 0.05) is 11.3 Å². The van der Waals surface area contributed by atoms with Crippen LogP contribution >= 0.6 is 0 Å². The Labute approximate surface area is 134 Å². The molecule has 0 bridgehead atoms. The minimum Gasteiger partial charge on any atom is -0.359 e. The summed E-state index contributed by atoms with van der Waals surface area (Å²) in [6.07, 6.45) is 2.15. The molecule has 1 aliphatic carbocycles. The molecule has 0 spiro atoms. The van der Waals surface area contributed by atoms with E-state index in [-0.39, 0.29) is 11.4 Å². The molecule has 7 heteroatoms. The number of anilines is 2. The molecule has 1 saturated carbocycles. The maximum Gasteiger partial charge on any atom is 0.325 e. The van der Waals surface area contributed by atoms with E-state index in [9.17, 15) is 4.79 Å². The second-order valence-electron chi connectivity index (χ2n) is 6.91. The third-order valence-corrected chi connectivity index (χ3v) is 3.75. The van der Waals surface area contributed by atoms with E-state index in [0.717, 1.165) is 24.3 Å². The second kappa shape index (κ2) is 5.64.